The average molecular weight is 315 g/mol. The maximum Gasteiger partial charge on any atom is 0.493 e. The van der Waals surface area contributed by atoms with Crippen LogP contribution in [-0.4, -0.2) is 38.9 Å². The van der Waals surface area contributed by atoms with E-state index >= 15 is 0 Å². The van der Waals surface area contributed by atoms with E-state index in [2.05, 4.69) is 0 Å². The van der Waals surface area contributed by atoms with E-state index in [1.807, 2.05) is 6.07 Å². The topological polar surface area (TPSA) is 71.7 Å². The Hall–Kier alpha value is -1.89. The monoisotopic (exact) mass is 315 g/mol. The number of carbonyl (C=O) groups is 1. The van der Waals surface area contributed by atoms with Crippen LogP contribution < -0.4 is 5.46 Å². The highest BCUT2D eigenvalue weighted by Gasteiger charge is 2.39. The highest BCUT2D eigenvalue weighted by molar-refractivity contribution is 6.60. The Labute approximate surface area is 136 Å². The number of carbonyl (C=O) groups excluding carboxylic acids is 1. The number of rotatable bonds is 5. The van der Waals surface area contributed by atoms with Gasteiger partial charge in [0.2, 0.25) is 0 Å². The predicted molar refractivity (Wildman–Crippen MR) is 89.7 cm³/mol. The predicted octanol–water partition coefficient (Wildman–Crippen LogP) is 1.43. The van der Waals surface area contributed by atoms with Crippen molar-refractivity contribution in [2.45, 2.75) is 38.9 Å². The van der Waals surface area contributed by atoms with Gasteiger partial charge < -0.3 is 14.8 Å². The van der Waals surface area contributed by atoms with Gasteiger partial charge in [-0.05, 0) is 45.9 Å². The summed E-state index contributed by atoms with van der Waals surface area (Å²) < 4.78 is 6.97. The number of hydrogen-bond donors (Lipinski definition) is 2. The molecule has 1 aromatic carbocycles. The summed E-state index contributed by atoms with van der Waals surface area (Å²) in [6.07, 6.45) is 3.11. The molecule has 0 bridgehead atoms. The van der Waals surface area contributed by atoms with Crippen molar-refractivity contribution in [1.82, 2.24) is 4.57 Å². The molecule has 1 aromatic heterocycles. The van der Waals surface area contributed by atoms with Crippen molar-refractivity contribution >= 4 is 18.5 Å². The zero-order valence-corrected chi connectivity index (χ0v) is 13.9. The van der Waals surface area contributed by atoms with Gasteiger partial charge in [0.1, 0.15) is 0 Å². The lowest BCUT2D eigenvalue weighted by molar-refractivity contribution is -0.0982. The number of aliphatic hydroxyl groups is 1. The Bertz CT molecular complexity index is 673. The Kier molecular flexibility index (Phi) is 4.80. The molecule has 23 heavy (non-hydrogen) atoms. The number of hydrogen-bond acceptors (Lipinski definition) is 4. The first kappa shape index (κ1) is 17.5. The smallest absolute Gasteiger partial charge is 0.423 e. The Morgan fingerprint density at radius 3 is 2.30 bits per heavy atom. The molecule has 6 heteroatoms. The fourth-order valence-electron chi connectivity index (χ4n) is 1.91. The summed E-state index contributed by atoms with van der Waals surface area (Å²) in [5.74, 6) is -0.189. The van der Waals surface area contributed by atoms with E-state index in [1.54, 1.807) is 64.2 Å². The van der Waals surface area contributed by atoms with Crippen LogP contribution in [0, 0.1) is 0 Å². The van der Waals surface area contributed by atoms with Gasteiger partial charge >= 0.3 is 7.12 Å². The maximum atomic E-state index is 12.3. The first-order valence-electron chi connectivity index (χ1n) is 7.48. The van der Waals surface area contributed by atoms with Gasteiger partial charge in [-0.3, -0.25) is 9.36 Å². The molecule has 0 aliphatic heterocycles. The summed E-state index contributed by atoms with van der Waals surface area (Å²) in [5, 5.41) is 20.3. The molecule has 0 saturated carbocycles. The van der Waals surface area contributed by atoms with Gasteiger partial charge in [0, 0.05) is 23.4 Å². The minimum atomic E-state index is -1.23. The van der Waals surface area contributed by atoms with Gasteiger partial charge in [-0.1, -0.05) is 18.2 Å². The van der Waals surface area contributed by atoms with Crippen molar-refractivity contribution in [2.24, 2.45) is 0 Å². The molecule has 2 rings (SSSR count). The molecule has 0 atom stereocenters. The molecule has 0 saturated heterocycles. The molecule has 0 unspecified atom stereocenters. The standard InChI is InChI=1S/C17H22BNO4/c1-16(2,21)17(3,4)23-18(22)14-10-11-19(12-14)15(20)13-8-6-5-7-9-13/h5-12,21-22H,1-4H3. The van der Waals surface area contributed by atoms with Crippen LogP contribution in [0.25, 0.3) is 0 Å². The third-order valence-electron chi connectivity index (χ3n) is 4.14. The van der Waals surface area contributed by atoms with E-state index in [4.69, 9.17) is 4.65 Å². The molecule has 5 nitrogen and oxygen atoms in total. The van der Waals surface area contributed by atoms with Crippen molar-refractivity contribution in [3.8, 4) is 0 Å². The molecule has 0 aliphatic carbocycles. The van der Waals surface area contributed by atoms with Crippen LogP contribution in [0.2, 0.25) is 0 Å². The number of aromatic nitrogens is 1. The van der Waals surface area contributed by atoms with Crippen LogP contribution in [0.4, 0.5) is 0 Å². The summed E-state index contributed by atoms with van der Waals surface area (Å²) in [6.45, 7) is 6.62. The largest absolute Gasteiger partial charge is 0.493 e. The molecular weight excluding hydrogens is 293 g/mol. The zero-order valence-electron chi connectivity index (χ0n) is 13.9. The van der Waals surface area contributed by atoms with Gasteiger partial charge in [-0.25, -0.2) is 0 Å². The van der Waals surface area contributed by atoms with E-state index in [0.717, 1.165) is 0 Å². The molecule has 0 fully saturated rings. The third kappa shape index (κ3) is 3.90. The van der Waals surface area contributed by atoms with Crippen LogP contribution in [0.3, 0.4) is 0 Å². The second kappa shape index (κ2) is 6.32. The second-order valence-electron chi connectivity index (χ2n) is 6.56. The zero-order chi connectivity index (χ0) is 17.3. The Morgan fingerprint density at radius 1 is 1.13 bits per heavy atom. The van der Waals surface area contributed by atoms with E-state index in [9.17, 15) is 14.9 Å². The fraction of sp³-hybridized carbons (Fsp3) is 0.353. The second-order valence-corrected chi connectivity index (χ2v) is 6.56. The summed E-state index contributed by atoms with van der Waals surface area (Å²) in [7, 11) is -1.23. The molecule has 2 N–H and O–H groups in total. The summed E-state index contributed by atoms with van der Waals surface area (Å²) in [4.78, 5) is 12.3. The first-order valence-corrected chi connectivity index (χ1v) is 7.48. The van der Waals surface area contributed by atoms with Crippen LogP contribution >= 0.6 is 0 Å². The van der Waals surface area contributed by atoms with E-state index < -0.39 is 18.3 Å². The minimum absolute atomic E-state index is 0.189. The van der Waals surface area contributed by atoms with Gasteiger partial charge in [0.05, 0.1) is 11.2 Å². The summed E-state index contributed by atoms with van der Waals surface area (Å²) >= 11 is 0. The van der Waals surface area contributed by atoms with Crippen molar-refractivity contribution < 1.29 is 19.6 Å². The van der Waals surface area contributed by atoms with E-state index in [1.165, 1.54) is 10.8 Å². The normalized spacial score (nSPS) is 12.3. The van der Waals surface area contributed by atoms with Crippen molar-refractivity contribution in [1.29, 1.82) is 0 Å². The molecular formula is C17H22BNO4. The van der Waals surface area contributed by atoms with E-state index in [-0.39, 0.29) is 5.91 Å². The van der Waals surface area contributed by atoms with Gasteiger partial charge in [0.25, 0.3) is 5.91 Å². The molecule has 2 aromatic rings. The quantitative estimate of drug-likeness (QED) is 0.819. The van der Waals surface area contributed by atoms with Crippen LogP contribution in [-0.2, 0) is 4.65 Å². The maximum absolute atomic E-state index is 12.3. The summed E-state index contributed by atoms with van der Waals surface area (Å²) in [5.41, 5.74) is -1.08. The minimum Gasteiger partial charge on any atom is -0.423 e. The number of nitrogens with zero attached hydrogens (tertiary/aromatic N) is 1. The third-order valence-corrected chi connectivity index (χ3v) is 4.14. The highest BCUT2D eigenvalue weighted by Crippen LogP contribution is 2.25. The number of benzene rings is 1. The van der Waals surface area contributed by atoms with Crippen molar-refractivity contribution in [3.05, 3.63) is 54.4 Å². The first-order chi connectivity index (χ1) is 10.6. The van der Waals surface area contributed by atoms with Gasteiger partial charge in [0.15, 0.2) is 0 Å². The Morgan fingerprint density at radius 2 is 1.74 bits per heavy atom. The average Bonchev–Trinajstić information content (AvgIpc) is 2.95. The molecule has 0 spiro atoms. The lowest BCUT2D eigenvalue weighted by Crippen LogP contribution is -2.53. The lowest BCUT2D eigenvalue weighted by atomic mass is 9.78. The lowest BCUT2D eigenvalue weighted by Gasteiger charge is -2.38. The van der Waals surface area contributed by atoms with Gasteiger partial charge in [-0.15, -0.1) is 0 Å². The molecule has 1 heterocycles. The highest BCUT2D eigenvalue weighted by atomic mass is 16.5. The van der Waals surface area contributed by atoms with E-state index in [0.29, 0.717) is 11.0 Å². The molecule has 0 radical (unpaired) electrons. The van der Waals surface area contributed by atoms with Crippen molar-refractivity contribution in [3.63, 3.8) is 0 Å². The van der Waals surface area contributed by atoms with Crippen LogP contribution in [0.15, 0.2) is 48.8 Å². The Balaban J connectivity index is 2.15. The molecule has 0 amide bonds. The molecule has 122 valence electrons. The SMILES string of the molecule is CC(C)(O)C(C)(C)OB(O)c1ccn(C(=O)c2ccccc2)c1. The fourth-order valence-corrected chi connectivity index (χ4v) is 1.91. The van der Waals surface area contributed by atoms with Crippen LogP contribution in [0.1, 0.15) is 38.1 Å². The van der Waals surface area contributed by atoms with Crippen molar-refractivity contribution in [2.75, 3.05) is 0 Å². The van der Waals surface area contributed by atoms with Gasteiger partial charge in [-0.2, -0.15) is 0 Å². The molecule has 0 aliphatic rings. The van der Waals surface area contributed by atoms with Crippen LogP contribution in [0.5, 0.6) is 0 Å². The summed E-state index contributed by atoms with van der Waals surface area (Å²) in [6, 6.07) is 10.5.